The number of rotatable bonds is 7. The molecule has 0 saturated carbocycles. The predicted octanol–water partition coefficient (Wildman–Crippen LogP) is 15.9. The van der Waals surface area contributed by atoms with E-state index in [0.717, 1.165) is 5.69 Å². The second kappa shape index (κ2) is 14.4. The van der Waals surface area contributed by atoms with Crippen LogP contribution in [0.4, 0.5) is 17.1 Å². The van der Waals surface area contributed by atoms with E-state index in [9.17, 15) is 0 Å². The molecule has 0 saturated heterocycles. The Morgan fingerprint density at radius 3 is 1.05 bits per heavy atom. The molecule has 0 amide bonds. The summed E-state index contributed by atoms with van der Waals surface area (Å²) in [5.74, 6) is 0. The van der Waals surface area contributed by atoms with Gasteiger partial charge in [-0.15, -0.1) is 11.3 Å². The van der Waals surface area contributed by atoms with Crippen LogP contribution in [0.3, 0.4) is 0 Å². The van der Waals surface area contributed by atoms with E-state index in [4.69, 9.17) is 0 Å². The Labute approximate surface area is 339 Å². The highest BCUT2D eigenvalue weighted by molar-refractivity contribution is 7.18. The van der Waals surface area contributed by atoms with Gasteiger partial charge in [0.1, 0.15) is 0 Å². The van der Waals surface area contributed by atoms with Crippen molar-refractivity contribution in [1.29, 1.82) is 0 Å². The third-order valence-corrected chi connectivity index (χ3v) is 12.7. The average Bonchev–Trinajstić information content (AvgIpc) is 3.78. The summed E-state index contributed by atoms with van der Waals surface area (Å²) in [6.45, 7) is 4.77. The molecule has 2 heteroatoms. The van der Waals surface area contributed by atoms with Crippen LogP contribution in [0.5, 0.6) is 0 Å². The minimum absolute atomic E-state index is 0.258. The maximum atomic E-state index is 2.47. The van der Waals surface area contributed by atoms with Crippen molar-refractivity contribution >= 4 is 28.4 Å². The minimum Gasteiger partial charge on any atom is -0.310 e. The van der Waals surface area contributed by atoms with Gasteiger partial charge in [0.15, 0.2) is 0 Å². The van der Waals surface area contributed by atoms with Crippen LogP contribution in [-0.2, 0) is 5.41 Å². The SMILES string of the molecule is CC1(C)c2cc(-c3ccc(-c4ccccc4)cc3)ccc2N(c2ccc(-c3ccc(-c4ccccc4)s3)cc2)c2ccc(-c3ccc(-c4ccccc4)cc3)cc21. The van der Waals surface area contributed by atoms with E-state index in [1.165, 1.54) is 87.9 Å². The average molecular weight is 748 g/mol. The molecule has 0 radical (unpaired) electrons. The fraction of sp³-hybridized carbons (Fsp3) is 0.0545. The van der Waals surface area contributed by atoms with E-state index in [0.29, 0.717) is 0 Å². The number of anilines is 3. The first-order valence-corrected chi connectivity index (χ1v) is 20.5. The van der Waals surface area contributed by atoms with Crippen LogP contribution in [0.25, 0.3) is 65.4 Å². The summed E-state index contributed by atoms with van der Waals surface area (Å²) in [6.07, 6.45) is 0. The lowest BCUT2D eigenvalue weighted by Crippen LogP contribution is -2.30. The fourth-order valence-electron chi connectivity index (χ4n) is 8.37. The first-order chi connectivity index (χ1) is 28.0. The molecule has 272 valence electrons. The second-order valence-corrected chi connectivity index (χ2v) is 16.5. The van der Waals surface area contributed by atoms with Gasteiger partial charge in [-0.2, -0.15) is 0 Å². The Morgan fingerprint density at radius 1 is 0.316 bits per heavy atom. The van der Waals surface area contributed by atoms with Crippen LogP contribution < -0.4 is 4.90 Å². The molecular weight excluding hydrogens is 707 g/mol. The largest absolute Gasteiger partial charge is 0.310 e. The monoisotopic (exact) mass is 747 g/mol. The maximum Gasteiger partial charge on any atom is 0.0503 e. The van der Waals surface area contributed by atoms with Gasteiger partial charge in [-0.1, -0.05) is 178 Å². The molecule has 1 aliphatic heterocycles. The molecule has 0 aliphatic carbocycles. The third kappa shape index (κ3) is 6.48. The van der Waals surface area contributed by atoms with E-state index in [2.05, 4.69) is 231 Å². The lowest BCUT2D eigenvalue weighted by atomic mass is 9.72. The summed E-state index contributed by atoms with van der Waals surface area (Å²) < 4.78 is 0. The summed E-state index contributed by atoms with van der Waals surface area (Å²) in [5.41, 5.74) is 18.2. The second-order valence-electron chi connectivity index (χ2n) is 15.4. The lowest BCUT2D eigenvalue weighted by Gasteiger charge is -2.42. The van der Waals surface area contributed by atoms with Gasteiger partial charge in [-0.3, -0.25) is 0 Å². The highest BCUT2D eigenvalue weighted by atomic mass is 32.1. The van der Waals surface area contributed by atoms with Gasteiger partial charge in [-0.05, 0) is 115 Å². The van der Waals surface area contributed by atoms with Crippen LogP contribution >= 0.6 is 11.3 Å². The summed E-state index contributed by atoms with van der Waals surface area (Å²) in [7, 11) is 0. The highest BCUT2D eigenvalue weighted by Gasteiger charge is 2.37. The quantitative estimate of drug-likeness (QED) is 0.157. The number of fused-ring (bicyclic) bond motifs is 2. The van der Waals surface area contributed by atoms with Gasteiger partial charge in [0.25, 0.3) is 0 Å². The van der Waals surface area contributed by atoms with E-state index in [-0.39, 0.29) is 5.41 Å². The van der Waals surface area contributed by atoms with Crippen LogP contribution in [0.15, 0.2) is 212 Å². The molecule has 57 heavy (non-hydrogen) atoms. The molecule has 0 N–H and O–H groups in total. The molecule has 1 nitrogen and oxygen atoms in total. The maximum absolute atomic E-state index is 2.47. The first kappa shape index (κ1) is 34.7. The Morgan fingerprint density at radius 2 is 0.632 bits per heavy atom. The summed E-state index contributed by atoms with van der Waals surface area (Å²) in [4.78, 5) is 5.02. The number of hydrogen-bond acceptors (Lipinski definition) is 2. The van der Waals surface area contributed by atoms with E-state index in [1.807, 2.05) is 11.3 Å². The Bertz CT molecular complexity index is 2680. The Balaban J connectivity index is 1.05. The number of nitrogens with zero attached hydrogens (tertiary/aromatic N) is 1. The zero-order valence-electron chi connectivity index (χ0n) is 32.1. The van der Waals surface area contributed by atoms with Gasteiger partial charge >= 0.3 is 0 Å². The van der Waals surface area contributed by atoms with Crippen LogP contribution in [-0.4, -0.2) is 0 Å². The molecule has 0 unspecified atom stereocenters. The molecule has 0 bridgehead atoms. The predicted molar refractivity (Wildman–Crippen MR) is 244 cm³/mol. The van der Waals surface area contributed by atoms with Crippen molar-refractivity contribution in [3.05, 3.63) is 223 Å². The number of hydrogen-bond donors (Lipinski definition) is 0. The highest BCUT2D eigenvalue weighted by Crippen LogP contribution is 2.53. The molecule has 9 aromatic rings. The molecule has 8 aromatic carbocycles. The lowest BCUT2D eigenvalue weighted by molar-refractivity contribution is 0.632. The third-order valence-electron chi connectivity index (χ3n) is 11.5. The summed E-state index contributed by atoms with van der Waals surface area (Å²) in [5, 5.41) is 0. The minimum atomic E-state index is -0.258. The van der Waals surface area contributed by atoms with Crippen LogP contribution in [0, 0.1) is 0 Å². The van der Waals surface area contributed by atoms with Crippen molar-refractivity contribution in [3.63, 3.8) is 0 Å². The first-order valence-electron chi connectivity index (χ1n) is 19.7. The Kier molecular flexibility index (Phi) is 8.77. The number of benzene rings is 8. The molecule has 0 atom stereocenters. The smallest absolute Gasteiger partial charge is 0.0503 e. The molecule has 10 rings (SSSR count). The summed E-state index contributed by atoms with van der Waals surface area (Å²) >= 11 is 1.84. The van der Waals surface area contributed by atoms with E-state index < -0.39 is 0 Å². The topological polar surface area (TPSA) is 3.24 Å². The van der Waals surface area contributed by atoms with Gasteiger partial charge in [-0.25, -0.2) is 0 Å². The van der Waals surface area contributed by atoms with Crippen molar-refractivity contribution in [3.8, 4) is 65.4 Å². The molecule has 2 heterocycles. The van der Waals surface area contributed by atoms with Gasteiger partial charge in [0.2, 0.25) is 0 Å². The van der Waals surface area contributed by atoms with Crippen molar-refractivity contribution in [2.45, 2.75) is 19.3 Å². The van der Waals surface area contributed by atoms with Crippen LogP contribution in [0.1, 0.15) is 25.0 Å². The fourth-order valence-corrected chi connectivity index (χ4v) is 9.39. The zero-order valence-corrected chi connectivity index (χ0v) is 32.9. The van der Waals surface area contributed by atoms with Crippen molar-refractivity contribution in [2.24, 2.45) is 0 Å². The normalized spacial score (nSPS) is 12.8. The summed E-state index contributed by atoms with van der Waals surface area (Å²) in [6, 6.07) is 77.6. The zero-order chi connectivity index (χ0) is 38.3. The molecule has 1 aliphatic rings. The molecule has 1 aromatic heterocycles. The van der Waals surface area contributed by atoms with Crippen molar-refractivity contribution < 1.29 is 0 Å². The standard InChI is InChI=1S/C55H41NS/c1-55(2)49-36-46(42-22-18-40(19-23-42)38-12-6-3-7-13-38)28-32-51(49)56(48-30-26-45(27-31-48)54-35-34-53(57-54)44-16-10-5-11-17-44)52-33-29-47(37-50(52)55)43-24-20-41(21-25-43)39-14-8-4-9-15-39/h3-37H,1-2H3. The van der Waals surface area contributed by atoms with Gasteiger partial charge in [0, 0.05) is 20.9 Å². The van der Waals surface area contributed by atoms with Crippen molar-refractivity contribution in [2.75, 3.05) is 4.90 Å². The molecule has 0 fully saturated rings. The van der Waals surface area contributed by atoms with Crippen LogP contribution in [0.2, 0.25) is 0 Å². The van der Waals surface area contributed by atoms with E-state index >= 15 is 0 Å². The number of thiophene rings is 1. The van der Waals surface area contributed by atoms with Crippen molar-refractivity contribution in [1.82, 2.24) is 0 Å². The van der Waals surface area contributed by atoms with Gasteiger partial charge in [0.05, 0.1) is 11.4 Å². The molecule has 0 spiro atoms. The van der Waals surface area contributed by atoms with E-state index in [1.54, 1.807) is 0 Å². The Hall–Kier alpha value is -6.74. The molecular formula is C55H41NS. The van der Waals surface area contributed by atoms with Gasteiger partial charge < -0.3 is 4.90 Å².